The zero-order chi connectivity index (χ0) is 17.4. The van der Waals surface area contributed by atoms with Crippen LogP contribution in [-0.4, -0.2) is 67.6 Å². The Kier molecular flexibility index (Phi) is 9.22. The molecule has 0 aliphatic rings. The van der Waals surface area contributed by atoms with Crippen LogP contribution in [0.4, 0.5) is 39.5 Å². The maximum Gasteiger partial charge on any atom is 0.410 e. The van der Waals surface area contributed by atoms with Crippen molar-refractivity contribution < 1.29 is 52.8 Å². The highest BCUT2D eigenvalue weighted by Crippen LogP contribution is 2.18. The van der Waals surface area contributed by atoms with E-state index >= 15 is 0 Å². The second-order valence-corrected chi connectivity index (χ2v) is 13.4. The van der Waals surface area contributed by atoms with E-state index in [-0.39, 0.29) is 0 Å². The molecular formula is C7H13F9O3Si3. The first-order chi connectivity index (χ1) is 9.79. The van der Waals surface area contributed by atoms with Crippen molar-refractivity contribution in [2.75, 3.05) is 19.8 Å². The Morgan fingerprint density at radius 3 is 0.955 bits per heavy atom. The van der Waals surface area contributed by atoms with Gasteiger partial charge in [-0.3, -0.25) is 0 Å². The molecule has 0 aliphatic heterocycles. The largest absolute Gasteiger partial charge is 0.415 e. The molecule has 0 aliphatic carbocycles. The molecule has 0 fully saturated rings. The van der Waals surface area contributed by atoms with Crippen LogP contribution in [0.2, 0.25) is 4.79 Å². The van der Waals surface area contributed by atoms with Crippen molar-refractivity contribution in [3.63, 3.8) is 0 Å². The van der Waals surface area contributed by atoms with E-state index in [1.165, 1.54) is 0 Å². The molecule has 0 amide bonds. The first-order valence-electron chi connectivity index (χ1n) is 5.72. The molecule has 0 bridgehead atoms. The van der Waals surface area contributed by atoms with Gasteiger partial charge in [0.1, 0.15) is 19.8 Å². The van der Waals surface area contributed by atoms with Crippen LogP contribution in [0.3, 0.4) is 0 Å². The van der Waals surface area contributed by atoms with Crippen molar-refractivity contribution >= 4 is 29.3 Å². The highest BCUT2D eigenvalue weighted by Gasteiger charge is 2.31. The second kappa shape index (κ2) is 9.26. The number of hydrogen-bond donors (Lipinski definition) is 0. The fourth-order valence-electron chi connectivity index (χ4n) is 1.17. The second-order valence-electron chi connectivity index (χ2n) is 4.26. The third-order valence-electron chi connectivity index (χ3n) is 1.86. The number of hydrogen-bond acceptors (Lipinski definition) is 3. The summed E-state index contributed by atoms with van der Waals surface area (Å²) >= 11 is 0. The standard InChI is InChI=1S/C7H13F9O3Si3/c8-5(9,10)1-17-20-4(21-18-2-6(11,12)13)22-19-3-7(14,15)16/h4H,1-3,20-22H2. The van der Waals surface area contributed by atoms with Gasteiger partial charge in [0, 0.05) is 4.79 Å². The van der Waals surface area contributed by atoms with Gasteiger partial charge in [0.15, 0.2) is 29.3 Å². The van der Waals surface area contributed by atoms with Crippen LogP contribution in [0, 0.1) is 0 Å². The fourth-order valence-corrected chi connectivity index (χ4v) is 7.37. The molecule has 0 atom stereocenters. The maximum atomic E-state index is 11.9. The van der Waals surface area contributed by atoms with Crippen molar-refractivity contribution in [3.05, 3.63) is 0 Å². The topological polar surface area (TPSA) is 27.7 Å². The molecule has 0 unspecified atom stereocenters. The summed E-state index contributed by atoms with van der Waals surface area (Å²) in [6.07, 6.45) is -13.8. The van der Waals surface area contributed by atoms with E-state index in [1.54, 1.807) is 0 Å². The van der Waals surface area contributed by atoms with Crippen LogP contribution in [0.5, 0.6) is 0 Å². The number of halogens is 9. The molecule has 0 N–H and O–H groups in total. The predicted molar refractivity (Wildman–Crippen MR) is 65.4 cm³/mol. The summed E-state index contributed by atoms with van der Waals surface area (Å²) in [5, 5.41) is 0. The summed E-state index contributed by atoms with van der Waals surface area (Å²) in [5.74, 6) is 0. The van der Waals surface area contributed by atoms with Gasteiger partial charge in [-0.05, 0) is 0 Å². The quantitative estimate of drug-likeness (QED) is 0.421. The van der Waals surface area contributed by atoms with Crippen LogP contribution >= 0.6 is 0 Å². The van der Waals surface area contributed by atoms with Gasteiger partial charge in [-0.15, -0.1) is 0 Å². The van der Waals surface area contributed by atoms with E-state index < -0.39 is 72.4 Å². The fraction of sp³-hybridized carbons (Fsp3) is 1.00. The van der Waals surface area contributed by atoms with Gasteiger partial charge < -0.3 is 13.3 Å². The molecule has 0 rings (SSSR count). The first kappa shape index (κ1) is 21.9. The molecule has 22 heavy (non-hydrogen) atoms. The smallest absolute Gasteiger partial charge is 0.410 e. The minimum Gasteiger partial charge on any atom is -0.415 e. The molecule has 0 aromatic carbocycles. The Morgan fingerprint density at radius 1 is 0.545 bits per heavy atom. The Labute approximate surface area is 126 Å². The molecule has 0 radical (unpaired) electrons. The summed E-state index contributed by atoms with van der Waals surface area (Å²) in [6, 6.07) is 0. The van der Waals surface area contributed by atoms with E-state index in [2.05, 4.69) is 13.3 Å². The average molecular weight is 400 g/mol. The van der Waals surface area contributed by atoms with Gasteiger partial charge in [0.2, 0.25) is 0 Å². The molecule has 3 nitrogen and oxygen atoms in total. The highest BCUT2D eigenvalue weighted by molar-refractivity contribution is 6.69. The molecule has 0 aromatic rings. The van der Waals surface area contributed by atoms with Crippen LogP contribution < -0.4 is 0 Å². The van der Waals surface area contributed by atoms with Crippen molar-refractivity contribution in [2.45, 2.75) is 23.3 Å². The van der Waals surface area contributed by atoms with Crippen LogP contribution in [0.15, 0.2) is 0 Å². The van der Waals surface area contributed by atoms with Crippen molar-refractivity contribution in [2.24, 2.45) is 0 Å². The van der Waals surface area contributed by atoms with Crippen molar-refractivity contribution in [3.8, 4) is 0 Å². The summed E-state index contributed by atoms with van der Waals surface area (Å²) < 4.78 is 120. The zero-order valence-electron chi connectivity index (χ0n) is 10.9. The lowest BCUT2D eigenvalue weighted by Gasteiger charge is -2.17. The lowest BCUT2D eigenvalue weighted by Crippen LogP contribution is -2.31. The van der Waals surface area contributed by atoms with Gasteiger partial charge in [-0.2, -0.15) is 39.5 Å². The third-order valence-corrected chi connectivity index (χ3v) is 8.83. The minimum atomic E-state index is -4.60. The molecule has 0 heterocycles. The van der Waals surface area contributed by atoms with E-state index in [1.807, 2.05) is 0 Å². The SMILES string of the molecule is FC(F)(F)CO[SiH2]C([SiH2]OCC(F)(F)F)[SiH2]OCC(F)(F)F. The Balaban J connectivity index is 4.19. The molecule has 0 saturated carbocycles. The molecule has 15 heteroatoms. The molecular weight excluding hydrogens is 387 g/mol. The van der Waals surface area contributed by atoms with Gasteiger partial charge in [0.05, 0.1) is 0 Å². The zero-order valence-corrected chi connectivity index (χ0v) is 15.2. The predicted octanol–water partition coefficient (Wildman–Crippen LogP) is 0.678. The summed E-state index contributed by atoms with van der Waals surface area (Å²) in [7, 11) is -5.89. The lowest BCUT2D eigenvalue weighted by molar-refractivity contribution is -0.154. The van der Waals surface area contributed by atoms with Gasteiger partial charge in [-0.25, -0.2) is 0 Å². The number of rotatable bonds is 9. The Hall–Kier alpha value is -0.0994. The maximum absolute atomic E-state index is 11.9. The summed E-state index contributed by atoms with van der Waals surface area (Å²) in [6.45, 7) is -4.72. The molecule has 0 spiro atoms. The molecule has 134 valence electrons. The summed E-state index contributed by atoms with van der Waals surface area (Å²) in [4.78, 5) is -0.785. The lowest BCUT2D eigenvalue weighted by atomic mass is 10.7. The van der Waals surface area contributed by atoms with Crippen molar-refractivity contribution in [1.29, 1.82) is 0 Å². The summed E-state index contributed by atoms with van der Waals surface area (Å²) in [5.41, 5.74) is 0. The third kappa shape index (κ3) is 16.3. The average Bonchev–Trinajstić information content (AvgIpc) is 2.23. The van der Waals surface area contributed by atoms with Gasteiger partial charge in [0.25, 0.3) is 0 Å². The van der Waals surface area contributed by atoms with Gasteiger partial charge >= 0.3 is 18.5 Å². The molecule has 0 saturated heterocycles. The van der Waals surface area contributed by atoms with Crippen LogP contribution in [-0.2, 0) is 13.3 Å². The number of alkyl halides is 9. The van der Waals surface area contributed by atoms with E-state index in [4.69, 9.17) is 0 Å². The minimum absolute atomic E-state index is 0.785. The highest BCUT2D eigenvalue weighted by atomic mass is 28.4. The van der Waals surface area contributed by atoms with Crippen LogP contribution in [0.25, 0.3) is 0 Å². The van der Waals surface area contributed by atoms with Crippen LogP contribution in [0.1, 0.15) is 0 Å². The van der Waals surface area contributed by atoms with Crippen molar-refractivity contribution in [1.82, 2.24) is 0 Å². The first-order valence-corrected chi connectivity index (χ1v) is 9.90. The normalized spacial score (nSPS) is 16.8. The van der Waals surface area contributed by atoms with E-state index in [0.717, 1.165) is 0 Å². The molecule has 0 aromatic heterocycles. The van der Waals surface area contributed by atoms with Gasteiger partial charge in [-0.1, -0.05) is 0 Å². The van der Waals surface area contributed by atoms with E-state index in [0.29, 0.717) is 0 Å². The van der Waals surface area contributed by atoms with E-state index in [9.17, 15) is 39.5 Å². The Bertz CT molecular complexity index is 259. The Morgan fingerprint density at radius 2 is 0.773 bits per heavy atom. The monoisotopic (exact) mass is 400 g/mol.